The molecule has 1 N–H and O–H groups in total. The molecule has 0 saturated carbocycles. The van der Waals surface area contributed by atoms with Gasteiger partial charge in [0.25, 0.3) is 0 Å². The van der Waals surface area contributed by atoms with Crippen LogP contribution in [-0.2, 0) is 9.16 Å². The lowest BCUT2D eigenvalue weighted by Crippen LogP contribution is -2.56. The summed E-state index contributed by atoms with van der Waals surface area (Å²) >= 11 is 0. The highest BCUT2D eigenvalue weighted by atomic mass is 28.4. The number of rotatable bonds is 6. The summed E-state index contributed by atoms with van der Waals surface area (Å²) in [5.74, 6) is 0.669. The minimum absolute atomic E-state index is 0.0400. The third kappa shape index (κ3) is 4.09. The van der Waals surface area contributed by atoms with Crippen molar-refractivity contribution in [2.75, 3.05) is 6.61 Å². The molecule has 0 aromatic heterocycles. The van der Waals surface area contributed by atoms with Gasteiger partial charge >= 0.3 is 0 Å². The van der Waals surface area contributed by atoms with Crippen molar-refractivity contribution in [3.63, 3.8) is 0 Å². The van der Waals surface area contributed by atoms with Crippen LogP contribution in [0.15, 0.2) is 5.11 Å². The van der Waals surface area contributed by atoms with Gasteiger partial charge in [0.2, 0.25) is 0 Å². The first kappa shape index (κ1) is 20.5. The first-order valence-electron chi connectivity index (χ1n) is 8.48. The molecular weight excluding hydrogens is 310 g/mol. The van der Waals surface area contributed by atoms with Gasteiger partial charge < -0.3 is 14.3 Å². The normalized spacial score (nSPS) is 32.7. The summed E-state index contributed by atoms with van der Waals surface area (Å²) in [5, 5.41) is 13.6. The van der Waals surface area contributed by atoms with E-state index >= 15 is 0 Å². The summed E-state index contributed by atoms with van der Waals surface area (Å²) in [5.41, 5.74) is 8.92. The summed E-state index contributed by atoms with van der Waals surface area (Å²) in [6.45, 7) is 17.2. The van der Waals surface area contributed by atoms with Gasteiger partial charge in [0.15, 0.2) is 14.6 Å². The molecular formula is C16H33N3O3Si. The van der Waals surface area contributed by atoms with Crippen LogP contribution in [-0.4, -0.2) is 38.5 Å². The van der Waals surface area contributed by atoms with E-state index in [1.165, 1.54) is 0 Å². The Bertz CT molecular complexity index is 450. The monoisotopic (exact) mass is 343 g/mol. The largest absolute Gasteiger partial charge is 0.394 e. The molecule has 1 aliphatic heterocycles. The van der Waals surface area contributed by atoms with Crippen LogP contribution in [0.3, 0.4) is 0 Å². The van der Waals surface area contributed by atoms with Gasteiger partial charge in [0, 0.05) is 4.91 Å². The van der Waals surface area contributed by atoms with Gasteiger partial charge in [-0.25, -0.2) is 0 Å². The lowest BCUT2D eigenvalue weighted by molar-refractivity contribution is -0.206. The van der Waals surface area contributed by atoms with E-state index in [9.17, 15) is 5.11 Å². The lowest BCUT2D eigenvalue weighted by Gasteiger charge is -2.49. The summed E-state index contributed by atoms with van der Waals surface area (Å²) < 4.78 is 12.5. The van der Waals surface area contributed by atoms with Crippen LogP contribution < -0.4 is 0 Å². The molecule has 5 atom stereocenters. The van der Waals surface area contributed by atoms with Crippen LogP contribution in [0.1, 0.15) is 41.5 Å². The third-order valence-electron chi connectivity index (χ3n) is 6.31. The second-order valence-electron chi connectivity index (χ2n) is 8.14. The van der Waals surface area contributed by atoms with Crippen molar-refractivity contribution in [1.29, 1.82) is 0 Å². The van der Waals surface area contributed by atoms with E-state index in [0.717, 1.165) is 0 Å². The maximum absolute atomic E-state index is 9.59. The number of nitrogens with zero attached hydrogens (tertiary/aromatic N) is 3. The molecule has 0 aromatic rings. The van der Waals surface area contributed by atoms with Gasteiger partial charge in [0.1, 0.15) is 0 Å². The van der Waals surface area contributed by atoms with E-state index in [2.05, 4.69) is 50.8 Å². The molecule has 23 heavy (non-hydrogen) atoms. The van der Waals surface area contributed by atoms with Gasteiger partial charge in [0.05, 0.1) is 18.8 Å². The quantitative estimate of drug-likeness (QED) is 0.337. The molecule has 6 nitrogen and oxygen atoms in total. The van der Waals surface area contributed by atoms with Gasteiger partial charge in [-0.15, -0.1) is 0 Å². The predicted molar refractivity (Wildman–Crippen MR) is 94.5 cm³/mol. The van der Waals surface area contributed by atoms with Crippen LogP contribution in [0.5, 0.6) is 0 Å². The maximum Gasteiger partial charge on any atom is 0.196 e. The van der Waals surface area contributed by atoms with E-state index in [0.29, 0.717) is 5.92 Å². The fraction of sp³-hybridized carbons (Fsp3) is 1.00. The summed E-state index contributed by atoms with van der Waals surface area (Å²) in [6.07, 6.45) is -0.874. The summed E-state index contributed by atoms with van der Waals surface area (Å²) in [6, 6.07) is -0.368. The van der Waals surface area contributed by atoms with Crippen molar-refractivity contribution < 1.29 is 14.3 Å². The number of aliphatic hydroxyl groups excluding tert-OH is 1. The Hall–Kier alpha value is -0.593. The Morgan fingerprint density at radius 2 is 1.87 bits per heavy atom. The van der Waals surface area contributed by atoms with Gasteiger partial charge in [-0.2, -0.15) is 0 Å². The van der Waals surface area contributed by atoms with Crippen LogP contribution in [0.2, 0.25) is 18.1 Å². The molecule has 2 unspecified atom stereocenters. The molecule has 0 spiro atoms. The van der Waals surface area contributed by atoms with Gasteiger partial charge in [-0.1, -0.05) is 46.7 Å². The van der Waals surface area contributed by atoms with Crippen molar-refractivity contribution in [2.45, 2.75) is 78.1 Å². The molecule has 1 heterocycles. The van der Waals surface area contributed by atoms with Gasteiger partial charge in [-0.3, -0.25) is 0 Å². The van der Waals surface area contributed by atoms with Crippen LogP contribution >= 0.6 is 0 Å². The zero-order valence-electron chi connectivity index (χ0n) is 15.8. The van der Waals surface area contributed by atoms with E-state index < -0.39 is 14.6 Å². The minimum atomic E-state index is -2.14. The zero-order chi connectivity index (χ0) is 18.0. The van der Waals surface area contributed by atoms with Crippen molar-refractivity contribution >= 4 is 8.32 Å². The average molecular weight is 344 g/mol. The molecule has 1 fully saturated rings. The number of hydrogen-bond acceptors (Lipinski definition) is 4. The Kier molecular flexibility index (Phi) is 6.70. The summed E-state index contributed by atoms with van der Waals surface area (Å²) in [7, 11) is -2.14. The predicted octanol–water partition coefficient (Wildman–Crippen LogP) is 4.31. The fourth-order valence-electron chi connectivity index (χ4n) is 2.94. The smallest absolute Gasteiger partial charge is 0.196 e. The van der Waals surface area contributed by atoms with Crippen LogP contribution in [0, 0.1) is 17.8 Å². The van der Waals surface area contributed by atoms with Crippen molar-refractivity contribution in [2.24, 2.45) is 22.9 Å². The lowest BCUT2D eigenvalue weighted by atomic mass is 9.83. The molecule has 0 aliphatic carbocycles. The number of hydrogen-bond donors (Lipinski definition) is 1. The van der Waals surface area contributed by atoms with E-state index in [1.54, 1.807) is 0 Å². The molecule has 7 heteroatoms. The molecule has 1 aliphatic rings. The highest BCUT2D eigenvalue weighted by Crippen LogP contribution is 2.46. The average Bonchev–Trinajstić information content (AvgIpc) is 2.46. The van der Waals surface area contributed by atoms with Gasteiger partial charge in [-0.05, 0) is 41.4 Å². The number of azide groups is 1. The van der Waals surface area contributed by atoms with Crippen molar-refractivity contribution in [3.05, 3.63) is 10.4 Å². The molecule has 0 amide bonds. The highest BCUT2D eigenvalue weighted by molar-refractivity contribution is 6.74. The van der Waals surface area contributed by atoms with Crippen LogP contribution in [0.25, 0.3) is 10.4 Å². The summed E-state index contributed by atoms with van der Waals surface area (Å²) in [4.78, 5) is 2.99. The first-order chi connectivity index (χ1) is 10.5. The topological polar surface area (TPSA) is 87.5 Å². The Morgan fingerprint density at radius 3 is 2.30 bits per heavy atom. The first-order valence-corrected chi connectivity index (χ1v) is 11.4. The highest BCUT2D eigenvalue weighted by Gasteiger charge is 2.49. The molecule has 1 saturated heterocycles. The van der Waals surface area contributed by atoms with Crippen molar-refractivity contribution in [1.82, 2.24) is 0 Å². The third-order valence-corrected chi connectivity index (χ3v) is 10.8. The maximum atomic E-state index is 9.59. The Labute approximate surface area is 141 Å². The van der Waals surface area contributed by atoms with E-state index in [4.69, 9.17) is 14.7 Å². The fourth-order valence-corrected chi connectivity index (χ4v) is 5.41. The van der Waals surface area contributed by atoms with E-state index in [1.807, 2.05) is 13.8 Å². The molecule has 134 valence electrons. The van der Waals surface area contributed by atoms with E-state index in [-0.39, 0.29) is 35.6 Å². The zero-order valence-corrected chi connectivity index (χ0v) is 16.8. The molecule has 1 rings (SSSR count). The second kappa shape index (κ2) is 7.53. The Morgan fingerprint density at radius 1 is 1.30 bits per heavy atom. The number of aliphatic hydroxyl groups is 1. The Balaban J connectivity index is 3.08. The van der Waals surface area contributed by atoms with Crippen molar-refractivity contribution in [3.8, 4) is 0 Å². The second-order valence-corrected chi connectivity index (χ2v) is 12.7. The molecule has 0 radical (unpaired) electrons. The number of ether oxygens (including phenoxy) is 1. The molecule has 0 bridgehead atoms. The standard InChI is InChI=1S/C16H33N3O3Si/c1-10(2)16(5,6)23(7,8)22-15-14(18-19-17)12(4)11(3)13(9-20)21-15/h10-15,20H,9H2,1-8H3/t11-,12-,13?,14?,15-/m0/s1. The van der Waals surface area contributed by atoms with Crippen LogP contribution in [0.4, 0.5) is 0 Å². The minimum Gasteiger partial charge on any atom is -0.394 e. The molecule has 0 aromatic carbocycles. The SMILES string of the molecule is CC(C)C(C)(C)[Si](C)(C)O[C@@H]1OC(CO)[C@@H](C)[C@H](C)C1N=[N+]=[N-].